The predicted octanol–water partition coefficient (Wildman–Crippen LogP) is 7.48. The van der Waals surface area contributed by atoms with Gasteiger partial charge in [-0.3, -0.25) is 9.59 Å². The highest BCUT2D eigenvalue weighted by atomic mass is 16.1. The average molecular weight is 439 g/mol. The molecule has 0 aliphatic rings. The molecule has 2 heteroatoms. The molecule has 0 radical (unpaired) electrons. The molecular formula is C32H22O2. The molecule has 5 aromatic carbocycles. The summed E-state index contributed by atoms with van der Waals surface area (Å²) in [6.45, 7) is 0. The lowest BCUT2D eigenvalue weighted by molar-refractivity contribution is 0.102. The third-order valence-electron chi connectivity index (χ3n) is 5.92. The lowest BCUT2D eigenvalue weighted by Crippen LogP contribution is -2.04. The molecule has 34 heavy (non-hydrogen) atoms. The van der Waals surface area contributed by atoms with Gasteiger partial charge >= 0.3 is 0 Å². The fraction of sp³-hybridized carbons (Fsp3) is 0. The highest BCUT2D eigenvalue weighted by Gasteiger charge is 2.13. The molecule has 0 saturated carbocycles. The summed E-state index contributed by atoms with van der Waals surface area (Å²) in [6, 6.07) is 42.2. The molecule has 2 nitrogen and oxygen atoms in total. The molecule has 0 aromatic heterocycles. The average Bonchev–Trinajstić information content (AvgIpc) is 2.93. The summed E-state index contributed by atoms with van der Waals surface area (Å²) >= 11 is 0. The molecule has 0 heterocycles. The first-order valence-electron chi connectivity index (χ1n) is 11.2. The van der Waals surface area contributed by atoms with Crippen LogP contribution in [0.4, 0.5) is 0 Å². The van der Waals surface area contributed by atoms with Gasteiger partial charge < -0.3 is 0 Å². The monoisotopic (exact) mass is 438 g/mol. The smallest absolute Gasteiger partial charge is 0.193 e. The second-order valence-corrected chi connectivity index (χ2v) is 8.12. The van der Waals surface area contributed by atoms with Crippen molar-refractivity contribution in [2.45, 2.75) is 0 Å². The van der Waals surface area contributed by atoms with Gasteiger partial charge in [0.1, 0.15) is 0 Å². The van der Waals surface area contributed by atoms with Gasteiger partial charge in [-0.1, -0.05) is 133 Å². The molecule has 162 valence electrons. The number of hydrogen-bond acceptors (Lipinski definition) is 2. The Kier molecular flexibility index (Phi) is 5.96. The number of rotatable bonds is 6. The molecule has 0 unspecified atom stereocenters. The zero-order valence-electron chi connectivity index (χ0n) is 18.5. The maximum atomic E-state index is 12.9. The van der Waals surface area contributed by atoms with Gasteiger partial charge in [-0.15, -0.1) is 0 Å². The van der Waals surface area contributed by atoms with E-state index in [1.807, 2.05) is 109 Å². The van der Waals surface area contributed by atoms with Gasteiger partial charge in [-0.05, 0) is 22.3 Å². The Morgan fingerprint density at radius 1 is 0.294 bits per heavy atom. The van der Waals surface area contributed by atoms with E-state index >= 15 is 0 Å². The van der Waals surface area contributed by atoms with Gasteiger partial charge in [-0.25, -0.2) is 0 Å². The molecule has 0 spiro atoms. The van der Waals surface area contributed by atoms with Crippen molar-refractivity contribution >= 4 is 11.6 Å². The van der Waals surface area contributed by atoms with Crippen molar-refractivity contribution in [3.8, 4) is 22.3 Å². The van der Waals surface area contributed by atoms with Crippen LogP contribution in [0.25, 0.3) is 22.3 Å². The lowest BCUT2D eigenvalue weighted by atomic mass is 9.96. The van der Waals surface area contributed by atoms with Crippen molar-refractivity contribution in [3.05, 3.63) is 156 Å². The third-order valence-corrected chi connectivity index (χ3v) is 5.92. The Labute approximate surface area is 199 Å². The minimum atomic E-state index is -0.0641. The zero-order valence-corrected chi connectivity index (χ0v) is 18.5. The largest absolute Gasteiger partial charge is 0.289 e. The molecule has 0 atom stereocenters. The van der Waals surface area contributed by atoms with Crippen LogP contribution >= 0.6 is 0 Å². The van der Waals surface area contributed by atoms with E-state index in [2.05, 4.69) is 0 Å². The molecule has 0 amide bonds. The van der Waals surface area contributed by atoms with Gasteiger partial charge in [0.15, 0.2) is 11.6 Å². The van der Waals surface area contributed by atoms with Crippen LogP contribution in [0.5, 0.6) is 0 Å². The summed E-state index contributed by atoms with van der Waals surface area (Å²) in [5, 5.41) is 0. The van der Waals surface area contributed by atoms with Gasteiger partial charge in [0.25, 0.3) is 0 Å². The highest BCUT2D eigenvalue weighted by molar-refractivity contribution is 6.11. The van der Waals surface area contributed by atoms with E-state index in [4.69, 9.17) is 0 Å². The summed E-state index contributed by atoms with van der Waals surface area (Å²) in [6.07, 6.45) is 0. The van der Waals surface area contributed by atoms with Gasteiger partial charge in [0, 0.05) is 22.3 Å². The van der Waals surface area contributed by atoms with Crippen molar-refractivity contribution in [2.24, 2.45) is 0 Å². The zero-order chi connectivity index (χ0) is 23.3. The van der Waals surface area contributed by atoms with Crippen molar-refractivity contribution in [2.75, 3.05) is 0 Å². The standard InChI is InChI=1S/C32H22O2/c33-31(27-15-11-25(12-16-27)23-7-3-1-4-8-23)29-19-21-30(22-20-29)32(34)28-17-13-26(14-18-28)24-9-5-2-6-10-24/h1-22H. The van der Waals surface area contributed by atoms with Gasteiger partial charge in [0.2, 0.25) is 0 Å². The van der Waals surface area contributed by atoms with E-state index in [0.717, 1.165) is 22.3 Å². The maximum absolute atomic E-state index is 12.9. The number of hydrogen-bond donors (Lipinski definition) is 0. The van der Waals surface area contributed by atoms with Crippen LogP contribution in [0.2, 0.25) is 0 Å². The van der Waals surface area contributed by atoms with Crippen LogP contribution in [-0.2, 0) is 0 Å². The van der Waals surface area contributed by atoms with Crippen LogP contribution in [0, 0.1) is 0 Å². The van der Waals surface area contributed by atoms with Crippen LogP contribution in [0.15, 0.2) is 133 Å². The summed E-state index contributed by atoms with van der Waals surface area (Å²) in [7, 11) is 0. The predicted molar refractivity (Wildman–Crippen MR) is 137 cm³/mol. The van der Waals surface area contributed by atoms with Crippen molar-refractivity contribution < 1.29 is 9.59 Å². The quantitative estimate of drug-likeness (QED) is 0.258. The Hall–Kier alpha value is -4.56. The van der Waals surface area contributed by atoms with Gasteiger partial charge in [0.05, 0.1) is 0 Å². The summed E-state index contributed by atoms with van der Waals surface area (Å²) in [5.74, 6) is -0.128. The Morgan fingerprint density at radius 2 is 0.529 bits per heavy atom. The summed E-state index contributed by atoms with van der Waals surface area (Å²) in [5.41, 5.74) is 6.72. The van der Waals surface area contributed by atoms with E-state index in [0.29, 0.717) is 22.3 Å². The van der Waals surface area contributed by atoms with Crippen LogP contribution < -0.4 is 0 Å². The van der Waals surface area contributed by atoms with E-state index < -0.39 is 0 Å². The fourth-order valence-electron chi connectivity index (χ4n) is 4.00. The topological polar surface area (TPSA) is 34.1 Å². The van der Waals surface area contributed by atoms with E-state index in [9.17, 15) is 9.59 Å². The SMILES string of the molecule is O=C(c1ccc(C(=O)c2ccc(-c3ccccc3)cc2)cc1)c1ccc(-c2ccccc2)cc1. The normalized spacial score (nSPS) is 10.6. The first-order chi connectivity index (χ1) is 16.7. The molecule has 0 aliphatic heterocycles. The van der Waals surface area contributed by atoms with Gasteiger partial charge in [-0.2, -0.15) is 0 Å². The second kappa shape index (κ2) is 9.51. The number of benzene rings is 5. The molecule has 0 aliphatic carbocycles. The number of ketones is 2. The van der Waals surface area contributed by atoms with Crippen LogP contribution in [-0.4, -0.2) is 11.6 Å². The maximum Gasteiger partial charge on any atom is 0.193 e. The van der Waals surface area contributed by atoms with E-state index in [1.54, 1.807) is 24.3 Å². The van der Waals surface area contributed by atoms with Crippen LogP contribution in [0.3, 0.4) is 0 Å². The minimum Gasteiger partial charge on any atom is -0.289 e. The first-order valence-corrected chi connectivity index (χ1v) is 11.2. The molecule has 5 rings (SSSR count). The molecule has 0 fully saturated rings. The fourth-order valence-corrected chi connectivity index (χ4v) is 4.00. The number of carbonyl (C=O) groups is 2. The first kappa shape index (κ1) is 21.3. The minimum absolute atomic E-state index is 0.0641. The van der Waals surface area contributed by atoms with E-state index in [1.165, 1.54) is 0 Å². The Bertz CT molecular complexity index is 1300. The number of carbonyl (C=O) groups excluding carboxylic acids is 2. The molecule has 0 N–H and O–H groups in total. The lowest BCUT2D eigenvalue weighted by Gasteiger charge is -2.07. The summed E-state index contributed by atoms with van der Waals surface area (Å²) in [4.78, 5) is 25.9. The molecule has 0 bridgehead atoms. The van der Waals surface area contributed by atoms with Crippen molar-refractivity contribution in [1.82, 2.24) is 0 Å². The Morgan fingerprint density at radius 3 is 0.824 bits per heavy atom. The second-order valence-electron chi connectivity index (χ2n) is 8.12. The molecule has 5 aromatic rings. The molecule has 0 saturated heterocycles. The highest BCUT2D eigenvalue weighted by Crippen LogP contribution is 2.22. The molecular weight excluding hydrogens is 416 g/mol. The third kappa shape index (κ3) is 4.48. The van der Waals surface area contributed by atoms with E-state index in [-0.39, 0.29) is 11.6 Å². The van der Waals surface area contributed by atoms with Crippen molar-refractivity contribution in [3.63, 3.8) is 0 Å². The van der Waals surface area contributed by atoms with Crippen molar-refractivity contribution in [1.29, 1.82) is 0 Å². The Balaban J connectivity index is 1.30. The van der Waals surface area contributed by atoms with Crippen LogP contribution in [0.1, 0.15) is 31.8 Å². The summed E-state index contributed by atoms with van der Waals surface area (Å²) < 4.78 is 0.